The van der Waals surface area contributed by atoms with Gasteiger partial charge in [-0.15, -0.1) is 0 Å². The zero-order valence-electron chi connectivity index (χ0n) is 15.3. The normalized spacial score (nSPS) is 25.7. The smallest absolute Gasteiger partial charge is 0.239 e. The fourth-order valence-corrected chi connectivity index (χ4v) is 4.57. The first kappa shape index (κ1) is 19.4. The molecule has 0 aromatic heterocycles. The molecule has 0 bridgehead atoms. The minimum absolute atomic E-state index is 0.0174. The third-order valence-corrected chi connectivity index (χ3v) is 5.93. The number of carbonyl (C=O) groups is 1. The third kappa shape index (κ3) is 4.58. The summed E-state index contributed by atoms with van der Waals surface area (Å²) < 4.78 is 0. The Bertz CT molecular complexity index is 547. The number of alkyl halides is 1. The molecule has 4 nitrogen and oxygen atoms in total. The second-order valence-electron chi connectivity index (χ2n) is 7.84. The van der Waals surface area contributed by atoms with Crippen LogP contribution in [0.25, 0.3) is 0 Å². The standard InChI is InChI=1S/C19H30BrN3O/c1-12(2)16-15(20)17(23-22-16)18(24)21-13(3)11-19(4,5)14-9-7-6-8-10-14/h6-10,12-13,15-17,22-23H,11H2,1-5H3,(H,21,24). The Morgan fingerprint density at radius 3 is 2.38 bits per heavy atom. The lowest BCUT2D eigenvalue weighted by Crippen LogP contribution is -2.49. The summed E-state index contributed by atoms with van der Waals surface area (Å²) in [5.74, 6) is 0.498. The van der Waals surface area contributed by atoms with Crippen molar-refractivity contribution in [1.29, 1.82) is 0 Å². The highest BCUT2D eigenvalue weighted by atomic mass is 79.9. The zero-order chi connectivity index (χ0) is 17.9. The van der Waals surface area contributed by atoms with Crippen LogP contribution in [0.5, 0.6) is 0 Å². The van der Waals surface area contributed by atoms with E-state index in [1.807, 2.05) is 6.07 Å². The van der Waals surface area contributed by atoms with E-state index in [9.17, 15) is 4.79 Å². The molecule has 1 heterocycles. The molecule has 0 saturated carbocycles. The van der Waals surface area contributed by atoms with Gasteiger partial charge in [0.25, 0.3) is 0 Å². The number of carbonyl (C=O) groups excluding carboxylic acids is 1. The van der Waals surface area contributed by atoms with E-state index in [1.54, 1.807) is 0 Å². The molecule has 4 unspecified atom stereocenters. The van der Waals surface area contributed by atoms with Crippen molar-refractivity contribution in [1.82, 2.24) is 16.2 Å². The fraction of sp³-hybridized carbons (Fsp3) is 0.632. The van der Waals surface area contributed by atoms with Crippen LogP contribution in [0.3, 0.4) is 0 Å². The minimum Gasteiger partial charge on any atom is -0.352 e. The van der Waals surface area contributed by atoms with E-state index in [0.717, 1.165) is 6.42 Å². The highest BCUT2D eigenvalue weighted by Gasteiger charge is 2.40. The number of hydrogen-bond acceptors (Lipinski definition) is 3. The first-order valence-electron chi connectivity index (χ1n) is 8.73. The van der Waals surface area contributed by atoms with E-state index in [0.29, 0.717) is 5.92 Å². The van der Waals surface area contributed by atoms with Crippen LogP contribution in [-0.4, -0.2) is 28.9 Å². The summed E-state index contributed by atoms with van der Waals surface area (Å²) in [6, 6.07) is 10.6. The maximum atomic E-state index is 12.6. The molecular weight excluding hydrogens is 366 g/mol. The van der Waals surface area contributed by atoms with Crippen molar-refractivity contribution in [3.63, 3.8) is 0 Å². The summed E-state index contributed by atoms with van der Waals surface area (Å²) in [6.07, 6.45) is 0.892. The molecule has 0 radical (unpaired) electrons. The largest absolute Gasteiger partial charge is 0.352 e. The zero-order valence-corrected chi connectivity index (χ0v) is 16.9. The van der Waals surface area contributed by atoms with Gasteiger partial charge in [0.05, 0.1) is 4.83 Å². The lowest BCUT2D eigenvalue weighted by Gasteiger charge is -2.30. The number of hydrazine groups is 1. The van der Waals surface area contributed by atoms with Gasteiger partial charge < -0.3 is 5.32 Å². The molecule has 134 valence electrons. The van der Waals surface area contributed by atoms with Gasteiger partial charge in [0.2, 0.25) is 5.91 Å². The van der Waals surface area contributed by atoms with Gasteiger partial charge in [-0.25, -0.2) is 5.43 Å². The van der Waals surface area contributed by atoms with E-state index in [-0.39, 0.29) is 34.3 Å². The number of rotatable bonds is 6. The van der Waals surface area contributed by atoms with Crippen LogP contribution in [0.2, 0.25) is 0 Å². The van der Waals surface area contributed by atoms with Crippen LogP contribution in [0.4, 0.5) is 0 Å². The van der Waals surface area contributed by atoms with Crippen LogP contribution < -0.4 is 16.2 Å². The van der Waals surface area contributed by atoms with E-state index in [1.165, 1.54) is 5.56 Å². The first-order valence-corrected chi connectivity index (χ1v) is 9.65. The third-order valence-electron chi connectivity index (χ3n) is 4.83. The molecule has 1 fully saturated rings. The van der Waals surface area contributed by atoms with Crippen LogP contribution in [-0.2, 0) is 10.2 Å². The molecule has 1 aromatic carbocycles. The van der Waals surface area contributed by atoms with Gasteiger partial charge in [-0.1, -0.05) is 74.0 Å². The summed E-state index contributed by atoms with van der Waals surface area (Å²) in [5.41, 5.74) is 7.67. The number of hydrogen-bond donors (Lipinski definition) is 3. The number of nitrogens with one attached hydrogen (secondary N) is 3. The van der Waals surface area contributed by atoms with Crippen LogP contribution >= 0.6 is 15.9 Å². The van der Waals surface area contributed by atoms with Crippen LogP contribution in [0, 0.1) is 5.92 Å². The topological polar surface area (TPSA) is 53.2 Å². The second-order valence-corrected chi connectivity index (χ2v) is 8.90. The molecule has 1 aliphatic heterocycles. The lowest BCUT2D eigenvalue weighted by molar-refractivity contribution is -0.123. The molecule has 1 aromatic rings. The molecule has 2 rings (SSSR count). The molecule has 5 heteroatoms. The Labute approximate surface area is 154 Å². The molecular formula is C19H30BrN3O. The summed E-state index contributed by atoms with van der Waals surface area (Å²) in [7, 11) is 0. The predicted octanol–water partition coefficient (Wildman–Crippen LogP) is 3.12. The van der Waals surface area contributed by atoms with Crippen molar-refractivity contribution in [2.45, 2.75) is 69.4 Å². The van der Waals surface area contributed by atoms with Gasteiger partial charge in [-0.3, -0.25) is 10.2 Å². The summed E-state index contributed by atoms with van der Waals surface area (Å²) in [6.45, 7) is 10.8. The van der Waals surface area contributed by atoms with Crippen molar-refractivity contribution in [3.05, 3.63) is 35.9 Å². The number of amides is 1. The molecule has 4 atom stereocenters. The van der Waals surface area contributed by atoms with Gasteiger partial charge in [-0.2, -0.15) is 0 Å². The monoisotopic (exact) mass is 395 g/mol. The average Bonchev–Trinajstić information content (AvgIpc) is 2.89. The number of benzene rings is 1. The summed E-state index contributed by atoms with van der Waals surface area (Å²) in [4.78, 5) is 12.7. The Morgan fingerprint density at radius 1 is 1.21 bits per heavy atom. The van der Waals surface area contributed by atoms with Crippen molar-refractivity contribution >= 4 is 21.8 Å². The van der Waals surface area contributed by atoms with Gasteiger partial charge in [0.1, 0.15) is 6.04 Å². The fourth-order valence-electron chi connectivity index (χ4n) is 3.45. The minimum atomic E-state index is -0.250. The molecule has 1 saturated heterocycles. The summed E-state index contributed by atoms with van der Waals surface area (Å²) >= 11 is 3.67. The molecule has 3 N–H and O–H groups in total. The van der Waals surface area contributed by atoms with Gasteiger partial charge in [0.15, 0.2) is 0 Å². The second kappa shape index (κ2) is 7.98. The van der Waals surface area contributed by atoms with Crippen molar-refractivity contribution in [3.8, 4) is 0 Å². The predicted molar refractivity (Wildman–Crippen MR) is 103 cm³/mol. The highest BCUT2D eigenvalue weighted by molar-refractivity contribution is 9.09. The van der Waals surface area contributed by atoms with Crippen molar-refractivity contribution in [2.75, 3.05) is 0 Å². The Morgan fingerprint density at radius 2 is 1.83 bits per heavy atom. The Kier molecular flexibility index (Phi) is 6.46. The Balaban J connectivity index is 1.93. The molecule has 1 amide bonds. The maximum absolute atomic E-state index is 12.6. The highest BCUT2D eigenvalue weighted by Crippen LogP contribution is 2.28. The van der Waals surface area contributed by atoms with Crippen LogP contribution in [0.1, 0.15) is 46.6 Å². The average molecular weight is 396 g/mol. The maximum Gasteiger partial charge on any atom is 0.239 e. The van der Waals surface area contributed by atoms with E-state index in [2.05, 4.69) is 91.0 Å². The van der Waals surface area contributed by atoms with Gasteiger partial charge >= 0.3 is 0 Å². The van der Waals surface area contributed by atoms with E-state index in [4.69, 9.17) is 0 Å². The molecule has 1 aliphatic rings. The van der Waals surface area contributed by atoms with Crippen LogP contribution in [0.15, 0.2) is 30.3 Å². The summed E-state index contributed by atoms with van der Waals surface area (Å²) in [5, 5.41) is 3.17. The molecule has 0 aliphatic carbocycles. The quantitative estimate of drug-likeness (QED) is 0.648. The van der Waals surface area contributed by atoms with E-state index >= 15 is 0 Å². The molecule has 0 spiro atoms. The Hall–Kier alpha value is -0.910. The van der Waals surface area contributed by atoms with Gasteiger partial charge in [0, 0.05) is 12.1 Å². The SMILES string of the molecule is CC(CC(C)(C)c1ccccc1)NC(=O)C1NNC(C(C)C)C1Br. The molecule has 24 heavy (non-hydrogen) atoms. The lowest BCUT2D eigenvalue weighted by atomic mass is 9.79. The first-order chi connectivity index (χ1) is 11.2. The van der Waals surface area contributed by atoms with Gasteiger partial charge in [-0.05, 0) is 30.2 Å². The van der Waals surface area contributed by atoms with Crippen molar-refractivity contribution in [2.24, 2.45) is 5.92 Å². The van der Waals surface area contributed by atoms with E-state index < -0.39 is 0 Å². The number of halogens is 1. The van der Waals surface area contributed by atoms with Crippen molar-refractivity contribution < 1.29 is 4.79 Å².